The van der Waals surface area contributed by atoms with Crippen LogP contribution in [0, 0.1) is 0 Å². The van der Waals surface area contributed by atoms with Gasteiger partial charge in [0, 0.05) is 6.54 Å². The number of aliphatic hydroxyl groups is 1. The standard InChI is InChI=1S/C9H19NO3/c1-3-4-7-13-9(12)8-10(2)5-6-11/h11H,3-8H2,1-2H3. The third kappa shape index (κ3) is 7.74. The fourth-order valence-corrected chi connectivity index (χ4v) is 0.846. The minimum atomic E-state index is -0.218. The van der Waals surface area contributed by atoms with Crippen molar-refractivity contribution in [2.24, 2.45) is 0 Å². The summed E-state index contributed by atoms with van der Waals surface area (Å²) in [5, 5.41) is 8.57. The molecule has 0 spiro atoms. The number of rotatable bonds is 7. The summed E-state index contributed by atoms with van der Waals surface area (Å²) in [7, 11) is 1.78. The van der Waals surface area contributed by atoms with Crippen molar-refractivity contribution in [1.29, 1.82) is 0 Å². The molecule has 0 radical (unpaired) electrons. The maximum absolute atomic E-state index is 11.1. The Morgan fingerprint density at radius 3 is 2.77 bits per heavy atom. The zero-order valence-corrected chi connectivity index (χ0v) is 8.45. The lowest BCUT2D eigenvalue weighted by atomic mass is 10.4. The Balaban J connectivity index is 3.38. The van der Waals surface area contributed by atoms with Gasteiger partial charge in [-0.15, -0.1) is 0 Å². The van der Waals surface area contributed by atoms with Crippen molar-refractivity contribution in [3.05, 3.63) is 0 Å². The van der Waals surface area contributed by atoms with E-state index in [2.05, 4.69) is 0 Å². The molecule has 0 saturated heterocycles. The van der Waals surface area contributed by atoms with E-state index in [1.807, 2.05) is 6.92 Å². The maximum Gasteiger partial charge on any atom is 0.320 e. The van der Waals surface area contributed by atoms with Gasteiger partial charge in [0.15, 0.2) is 0 Å². The van der Waals surface area contributed by atoms with Crippen LogP contribution in [-0.4, -0.2) is 49.3 Å². The van der Waals surface area contributed by atoms with Gasteiger partial charge in [-0.05, 0) is 13.5 Å². The number of aliphatic hydroxyl groups excluding tert-OH is 1. The molecule has 0 heterocycles. The summed E-state index contributed by atoms with van der Waals surface area (Å²) in [6.45, 7) is 3.37. The summed E-state index contributed by atoms with van der Waals surface area (Å²) in [6.07, 6.45) is 1.94. The summed E-state index contributed by atoms with van der Waals surface area (Å²) >= 11 is 0. The van der Waals surface area contributed by atoms with Crippen molar-refractivity contribution in [2.45, 2.75) is 19.8 Å². The quantitative estimate of drug-likeness (QED) is 0.461. The SMILES string of the molecule is CCCCOC(=O)CN(C)CCO. The van der Waals surface area contributed by atoms with Crippen LogP contribution >= 0.6 is 0 Å². The molecule has 0 unspecified atom stereocenters. The van der Waals surface area contributed by atoms with Gasteiger partial charge in [0.2, 0.25) is 0 Å². The fourth-order valence-electron chi connectivity index (χ4n) is 0.846. The fraction of sp³-hybridized carbons (Fsp3) is 0.889. The molecule has 1 N–H and O–H groups in total. The van der Waals surface area contributed by atoms with Gasteiger partial charge in [0.05, 0.1) is 19.8 Å². The highest BCUT2D eigenvalue weighted by molar-refractivity contribution is 5.71. The predicted molar refractivity (Wildman–Crippen MR) is 50.4 cm³/mol. The number of esters is 1. The molecule has 78 valence electrons. The molecule has 0 fully saturated rings. The number of ether oxygens (including phenoxy) is 1. The molecule has 4 nitrogen and oxygen atoms in total. The molecule has 0 atom stereocenters. The highest BCUT2D eigenvalue weighted by Gasteiger charge is 2.05. The molecule has 13 heavy (non-hydrogen) atoms. The van der Waals surface area contributed by atoms with E-state index < -0.39 is 0 Å². The van der Waals surface area contributed by atoms with Gasteiger partial charge in [0.25, 0.3) is 0 Å². The van der Waals surface area contributed by atoms with Gasteiger partial charge in [0.1, 0.15) is 0 Å². The van der Waals surface area contributed by atoms with Gasteiger partial charge in [-0.25, -0.2) is 0 Å². The number of carbonyl (C=O) groups is 1. The molecule has 0 amide bonds. The summed E-state index contributed by atoms with van der Waals surface area (Å²) in [5.41, 5.74) is 0. The molecular weight excluding hydrogens is 170 g/mol. The Morgan fingerprint density at radius 1 is 1.54 bits per heavy atom. The first-order chi connectivity index (χ1) is 6.20. The van der Waals surface area contributed by atoms with Gasteiger partial charge >= 0.3 is 5.97 Å². The zero-order valence-electron chi connectivity index (χ0n) is 8.45. The molecule has 0 aliphatic rings. The van der Waals surface area contributed by atoms with E-state index in [0.29, 0.717) is 13.2 Å². The van der Waals surface area contributed by atoms with Crippen LogP contribution in [0.25, 0.3) is 0 Å². The zero-order chi connectivity index (χ0) is 10.1. The molecule has 0 rings (SSSR count). The minimum Gasteiger partial charge on any atom is -0.465 e. The van der Waals surface area contributed by atoms with Crippen molar-refractivity contribution < 1.29 is 14.6 Å². The number of unbranched alkanes of at least 4 members (excludes halogenated alkanes) is 1. The Hall–Kier alpha value is -0.610. The Labute approximate surface area is 79.5 Å². The van der Waals surface area contributed by atoms with Crippen molar-refractivity contribution in [3.8, 4) is 0 Å². The number of hydrogen-bond acceptors (Lipinski definition) is 4. The Kier molecular flexibility index (Phi) is 7.63. The second kappa shape index (κ2) is 8.01. The molecule has 0 aromatic heterocycles. The third-order valence-electron chi connectivity index (χ3n) is 1.64. The van der Waals surface area contributed by atoms with E-state index in [1.165, 1.54) is 0 Å². The summed E-state index contributed by atoms with van der Waals surface area (Å²) in [4.78, 5) is 12.8. The van der Waals surface area contributed by atoms with Crippen LogP contribution in [0.2, 0.25) is 0 Å². The number of carbonyl (C=O) groups excluding carboxylic acids is 1. The number of nitrogens with zero attached hydrogens (tertiary/aromatic N) is 1. The first kappa shape index (κ1) is 12.4. The lowest BCUT2D eigenvalue weighted by molar-refractivity contribution is -0.144. The van der Waals surface area contributed by atoms with Crippen molar-refractivity contribution in [1.82, 2.24) is 4.90 Å². The molecule has 0 aliphatic heterocycles. The van der Waals surface area contributed by atoms with E-state index >= 15 is 0 Å². The smallest absolute Gasteiger partial charge is 0.320 e. The lowest BCUT2D eigenvalue weighted by Crippen LogP contribution is -2.29. The van der Waals surface area contributed by atoms with Gasteiger partial charge in [-0.2, -0.15) is 0 Å². The van der Waals surface area contributed by atoms with Crippen molar-refractivity contribution >= 4 is 5.97 Å². The molecular formula is C9H19NO3. The van der Waals surface area contributed by atoms with Crippen LogP contribution in [0.1, 0.15) is 19.8 Å². The molecule has 0 aromatic carbocycles. The highest BCUT2D eigenvalue weighted by atomic mass is 16.5. The minimum absolute atomic E-state index is 0.0682. The van der Waals surface area contributed by atoms with Crippen molar-refractivity contribution in [2.75, 3.05) is 33.4 Å². The number of hydrogen-bond donors (Lipinski definition) is 1. The van der Waals surface area contributed by atoms with Crippen molar-refractivity contribution in [3.63, 3.8) is 0 Å². The van der Waals surface area contributed by atoms with E-state index in [4.69, 9.17) is 9.84 Å². The lowest BCUT2D eigenvalue weighted by Gasteiger charge is -2.13. The van der Waals surface area contributed by atoms with Crippen LogP contribution in [0.15, 0.2) is 0 Å². The molecule has 0 saturated carbocycles. The number of likely N-dealkylation sites (N-methyl/N-ethyl adjacent to an activating group) is 1. The van der Waals surface area contributed by atoms with Gasteiger partial charge in [-0.3, -0.25) is 9.69 Å². The van der Waals surface area contributed by atoms with Crippen LogP contribution in [0.3, 0.4) is 0 Å². The normalized spacial score (nSPS) is 10.5. The van der Waals surface area contributed by atoms with E-state index in [9.17, 15) is 4.79 Å². The summed E-state index contributed by atoms with van der Waals surface area (Å²) < 4.78 is 4.94. The maximum atomic E-state index is 11.1. The molecule has 0 aliphatic carbocycles. The largest absolute Gasteiger partial charge is 0.465 e. The second-order valence-corrected chi connectivity index (χ2v) is 3.04. The van der Waals surface area contributed by atoms with Crippen LogP contribution < -0.4 is 0 Å². The van der Waals surface area contributed by atoms with Crippen LogP contribution in [-0.2, 0) is 9.53 Å². The first-order valence-corrected chi connectivity index (χ1v) is 4.65. The van der Waals surface area contributed by atoms with Crippen LogP contribution in [0.5, 0.6) is 0 Å². The monoisotopic (exact) mass is 189 g/mol. The third-order valence-corrected chi connectivity index (χ3v) is 1.64. The molecule has 0 aromatic rings. The van der Waals surface area contributed by atoms with Gasteiger partial charge < -0.3 is 9.84 Å². The summed E-state index contributed by atoms with van der Waals surface area (Å²) in [5.74, 6) is -0.218. The van der Waals surface area contributed by atoms with Crippen LogP contribution in [0.4, 0.5) is 0 Å². The Morgan fingerprint density at radius 2 is 2.23 bits per heavy atom. The average molecular weight is 189 g/mol. The van der Waals surface area contributed by atoms with E-state index in [1.54, 1.807) is 11.9 Å². The molecule has 0 bridgehead atoms. The first-order valence-electron chi connectivity index (χ1n) is 4.65. The van der Waals surface area contributed by atoms with E-state index in [0.717, 1.165) is 12.8 Å². The predicted octanol–water partition coefficient (Wildman–Crippen LogP) is 0.254. The second-order valence-electron chi connectivity index (χ2n) is 3.04. The highest BCUT2D eigenvalue weighted by Crippen LogP contribution is 1.90. The van der Waals surface area contributed by atoms with E-state index in [-0.39, 0.29) is 19.1 Å². The van der Waals surface area contributed by atoms with Gasteiger partial charge in [-0.1, -0.05) is 13.3 Å². The molecule has 4 heteroatoms. The average Bonchev–Trinajstić information content (AvgIpc) is 2.05. The Bertz CT molecular complexity index is 139. The topological polar surface area (TPSA) is 49.8 Å². The summed E-state index contributed by atoms with van der Waals surface area (Å²) in [6, 6.07) is 0.